The van der Waals surface area contributed by atoms with E-state index in [4.69, 9.17) is 15.2 Å². The van der Waals surface area contributed by atoms with Gasteiger partial charge in [0, 0.05) is 19.3 Å². The normalized spacial score (nSPS) is 11.4. The van der Waals surface area contributed by atoms with Crippen molar-refractivity contribution >= 4 is 24.0 Å². The predicted molar refractivity (Wildman–Crippen MR) is 82.7 cm³/mol. The lowest BCUT2D eigenvalue weighted by atomic mass is 10.1. The number of rotatable bonds is 7. The number of amides is 1. The highest BCUT2D eigenvalue weighted by molar-refractivity contribution is 5.91. The Morgan fingerprint density at radius 1 is 1.45 bits per heavy atom. The van der Waals surface area contributed by atoms with Gasteiger partial charge in [-0.25, -0.2) is 0 Å². The van der Waals surface area contributed by atoms with Gasteiger partial charge in [0.25, 0.3) is 0 Å². The number of carbonyl (C=O) groups excluding carboxylic acids is 1. The number of hydrogen-bond acceptors (Lipinski definition) is 4. The fraction of sp³-hybridized carbons (Fsp3) is 0.500. The van der Waals surface area contributed by atoms with Gasteiger partial charge in [0.1, 0.15) is 5.75 Å². The zero-order valence-electron chi connectivity index (χ0n) is 12.1. The van der Waals surface area contributed by atoms with Crippen LogP contribution in [0.25, 0.3) is 0 Å². The summed E-state index contributed by atoms with van der Waals surface area (Å²) in [7, 11) is 1.55. The number of hydrogen-bond donors (Lipinski definition) is 2. The van der Waals surface area contributed by atoms with Gasteiger partial charge in [0.05, 0.1) is 19.1 Å². The molecule has 1 unspecified atom stereocenters. The zero-order valence-corrected chi connectivity index (χ0v) is 13.0. The third kappa shape index (κ3) is 5.77. The van der Waals surface area contributed by atoms with Crippen LogP contribution in [0.5, 0.6) is 5.75 Å². The van der Waals surface area contributed by atoms with Gasteiger partial charge in [0.15, 0.2) is 0 Å². The minimum absolute atomic E-state index is 0. The maximum Gasteiger partial charge on any atom is 0.227 e. The topological polar surface area (TPSA) is 73.6 Å². The third-order valence-corrected chi connectivity index (χ3v) is 2.79. The first kappa shape index (κ1) is 18.7. The van der Waals surface area contributed by atoms with Crippen molar-refractivity contribution in [2.24, 2.45) is 5.73 Å². The van der Waals surface area contributed by atoms with Gasteiger partial charge in [0.2, 0.25) is 5.91 Å². The van der Waals surface area contributed by atoms with Crippen LogP contribution in [0.15, 0.2) is 18.2 Å². The molecule has 0 heterocycles. The molecule has 3 N–H and O–H groups in total. The second kappa shape index (κ2) is 9.58. The maximum atomic E-state index is 11.8. The molecule has 1 aromatic carbocycles. The number of benzene rings is 1. The molecule has 0 spiro atoms. The lowest BCUT2D eigenvalue weighted by molar-refractivity contribution is -0.118. The number of aryl methyl sites for hydroxylation is 1. The van der Waals surface area contributed by atoms with E-state index in [2.05, 4.69) is 5.32 Å². The van der Waals surface area contributed by atoms with Crippen LogP contribution in [0.3, 0.4) is 0 Å². The van der Waals surface area contributed by atoms with Gasteiger partial charge in [-0.05, 0) is 37.6 Å². The first-order chi connectivity index (χ1) is 9.10. The lowest BCUT2D eigenvalue weighted by Gasteiger charge is -2.14. The minimum atomic E-state index is -0.247. The smallest absolute Gasteiger partial charge is 0.227 e. The number of ether oxygens (including phenoxy) is 2. The van der Waals surface area contributed by atoms with Gasteiger partial charge in [-0.3, -0.25) is 4.79 Å². The number of carbonyl (C=O) groups is 1. The summed E-state index contributed by atoms with van der Waals surface area (Å²) in [6, 6.07) is 5.57. The molecule has 0 saturated heterocycles. The molecule has 0 bridgehead atoms. The Hall–Kier alpha value is -1.30. The van der Waals surface area contributed by atoms with Crippen LogP contribution in [0.4, 0.5) is 5.69 Å². The van der Waals surface area contributed by atoms with Crippen molar-refractivity contribution in [3.05, 3.63) is 23.8 Å². The minimum Gasteiger partial charge on any atom is -0.494 e. The molecule has 1 amide bonds. The third-order valence-electron chi connectivity index (χ3n) is 2.79. The summed E-state index contributed by atoms with van der Waals surface area (Å²) < 4.78 is 10.5. The number of halogens is 1. The molecule has 6 heteroatoms. The predicted octanol–water partition coefficient (Wildman–Crippen LogP) is 2.12. The summed E-state index contributed by atoms with van der Waals surface area (Å²) in [5.74, 6) is 0.694. The van der Waals surface area contributed by atoms with Gasteiger partial charge >= 0.3 is 0 Å². The quantitative estimate of drug-likeness (QED) is 0.809. The van der Waals surface area contributed by atoms with Gasteiger partial charge < -0.3 is 20.5 Å². The molecule has 1 atom stereocenters. The van der Waals surface area contributed by atoms with Crippen molar-refractivity contribution in [1.29, 1.82) is 0 Å². The first-order valence-corrected chi connectivity index (χ1v) is 6.36. The first-order valence-electron chi connectivity index (χ1n) is 6.36. The highest BCUT2D eigenvalue weighted by Crippen LogP contribution is 2.21. The van der Waals surface area contributed by atoms with Crippen LogP contribution in [0.2, 0.25) is 0 Å². The van der Waals surface area contributed by atoms with E-state index in [1.54, 1.807) is 7.11 Å². The number of methoxy groups -OCH3 is 1. The van der Waals surface area contributed by atoms with Crippen molar-refractivity contribution in [2.75, 3.05) is 25.6 Å². The Balaban J connectivity index is 0.00000361. The summed E-state index contributed by atoms with van der Waals surface area (Å²) >= 11 is 0. The van der Waals surface area contributed by atoms with Crippen molar-refractivity contribution in [3.8, 4) is 5.75 Å². The van der Waals surface area contributed by atoms with Crippen LogP contribution in [-0.4, -0.2) is 32.3 Å². The van der Waals surface area contributed by atoms with Crippen LogP contribution in [0.1, 0.15) is 18.9 Å². The summed E-state index contributed by atoms with van der Waals surface area (Å²) in [4.78, 5) is 11.8. The average Bonchev–Trinajstić information content (AvgIpc) is 2.39. The summed E-state index contributed by atoms with van der Waals surface area (Å²) in [5, 5.41) is 2.85. The molecule has 0 aliphatic rings. The van der Waals surface area contributed by atoms with Gasteiger partial charge in [-0.2, -0.15) is 0 Å². The van der Waals surface area contributed by atoms with E-state index in [-0.39, 0.29) is 30.8 Å². The molecule has 0 aromatic heterocycles. The summed E-state index contributed by atoms with van der Waals surface area (Å²) in [6.07, 6.45) is 0.00244. The van der Waals surface area contributed by atoms with E-state index in [1.807, 2.05) is 32.0 Å². The van der Waals surface area contributed by atoms with Crippen molar-refractivity contribution < 1.29 is 14.3 Å². The second-order valence-corrected chi connectivity index (χ2v) is 4.26. The van der Waals surface area contributed by atoms with E-state index in [1.165, 1.54) is 0 Å². The summed E-state index contributed by atoms with van der Waals surface area (Å²) in [5.41, 5.74) is 7.22. The number of nitrogens with two attached hydrogens (primary N) is 1. The fourth-order valence-corrected chi connectivity index (χ4v) is 1.70. The van der Waals surface area contributed by atoms with Crippen LogP contribution in [-0.2, 0) is 9.53 Å². The molecule has 1 aromatic rings. The molecule has 5 nitrogen and oxygen atoms in total. The largest absolute Gasteiger partial charge is 0.494 e. The van der Waals surface area contributed by atoms with E-state index < -0.39 is 0 Å². The molecule has 0 saturated carbocycles. The highest BCUT2D eigenvalue weighted by atomic mass is 35.5. The van der Waals surface area contributed by atoms with Gasteiger partial charge in [-0.15, -0.1) is 12.4 Å². The Morgan fingerprint density at radius 2 is 2.15 bits per heavy atom. The Kier molecular flexibility index (Phi) is 8.96. The van der Waals surface area contributed by atoms with E-state index in [9.17, 15) is 4.79 Å². The van der Waals surface area contributed by atoms with Crippen LogP contribution in [0, 0.1) is 6.92 Å². The second-order valence-electron chi connectivity index (χ2n) is 4.26. The molecule has 0 radical (unpaired) electrons. The molecular formula is C14H23ClN2O3. The maximum absolute atomic E-state index is 11.8. The van der Waals surface area contributed by atoms with Crippen LogP contribution >= 0.6 is 12.4 Å². The zero-order chi connectivity index (χ0) is 14.3. The van der Waals surface area contributed by atoms with E-state index in [0.29, 0.717) is 13.2 Å². The monoisotopic (exact) mass is 302 g/mol. The molecule has 0 fully saturated rings. The molecular weight excluding hydrogens is 280 g/mol. The Labute approximate surface area is 126 Å². The molecule has 20 heavy (non-hydrogen) atoms. The Bertz CT molecular complexity index is 423. The Morgan fingerprint density at radius 3 is 2.65 bits per heavy atom. The molecule has 114 valence electrons. The highest BCUT2D eigenvalue weighted by Gasteiger charge is 2.12. The van der Waals surface area contributed by atoms with Crippen LogP contribution < -0.4 is 15.8 Å². The number of anilines is 1. The molecule has 0 aliphatic heterocycles. The summed E-state index contributed by atoms with van der Waals surface area (Å²) in [6.45, 7) is 4.81. The van der Waals surface area contributed by atoms with Crippen molar-refractivity contribution in [1.82, 2.24) is 0 Å². The molecule has 0 aliphatic carbocycles. The van der Waals surface area contributed by atoms with Gasteiger partial charge in [-0.1, -0.05) is 0 Å². The standard InChI is InChI=1S/C14H22N2O3.ClH/c1-4-19-11-5-6-13(10(2)7-11)16-14(17)8-12(9-15)18-3;/h5-7,12H,4,8-9,15H2,1-3H3,(H,16,17);1H. The lowest BCUT2D eigenvalue weighted by Crippen LogP contribution is -2.28. The number of nitrogens with one attached hydrogen (secondary N) is 1. The van der Waals surface area contributed by atoms with E-state index >= 15 is 0 Å². The van der Waals surface area contributed by atoms with Crippen molar-refractivity contribution in [2.45, 2.75) is 26.4 Å². The SMILES string of the molecule is CCOc1ccc(NC(=O)CC(CN)OC)c(C)c1.Cl. The van der Waals surface area contributed by atoms with E-state index in [0.717, 1.165) is 17.0 Å². The average molecular weight is 303 g/mol. The fourth-order valence-electron chi connectivity index (χ4n) is 1.70. The molecule has 1 rings (SSSR count). The van der Waals surface area contributed by atoms with Crippen molar-refractivity contribution in [3.63, 3.8) is 0 Å².